The Morgan fingerprint density at radius 3 is 2.70 bits per heavy atom. The molecule has 1 aromatic carbocycles. The fourth-order valence-electron chi connectivity index (χ4n) is 2.23. The quantitative estimate of drug-likeness (QED) is 0.511. The van der Waals surface area contributed by atoms with Crippen molar-refractivity contribution in [3.05, 3.63) is 54.4 Å². The highest BCUT2D eigenvalue weighted by molar-refractivity contribution is 8.02. The smallest absolute Gasteiger partial charge is 0.326 e. The molecule has 118 valence electrons. The molecule has 0 saturated carbocycles. The number of rotatable bonds is 5. The summed E-state index contributed by atoms with van der Waals surface area (Å²) in [6.45, 7) is 4.03. The summed E-state index contributed by atoms with van der Waals surface area (Å²) in [6, 6.07) is 11.6. The summed E-state index contributed by atoms with van der Waals surface area (Å²) in [7, 11) is 0. The zero-order chi connectivity index (χ0) is 16.3. The minimum Gasteiger partial charge on any atom is -0.465 e. The third kappa shape index (κ3) is 3.23. The molecule has 0 spiro atoms. The van der Waals surface area contributed by atoms with Gasteiger partial charge in [0.2, 0.25) is 0 Å². The van der Waals surface area contributed by atoms with Crippen molar-refractivity contribution in [3.63, 3.8) is 0 Å². The molecule has 23 heavy (non-hydrogen) atoms. The molecule has 3 rings (SSSR count). The van der Waals surface area contributed by atoms with E-state index < -0.39 is 4.75 Å². The molecule has 0 bridgehead atoms. The van der Waals surface area contributed by atoms with Crippen LogP contribution in [0, 0.1) is 0 Å². The minimum absolute atomic E-state index is 0.268. The Balaban J connectivity index is 2.00. The van der Waals surface area contributed by atoms with Crippen LogP contribution in [0.15, 0.2) is 53.1 Å². The molecule has 2 heterocycles. The lowest BCUT2D eigenvalue weighted by molar-refractivity contribution is -0.145. The summed E-state index contributed by atoms with van der Waals surface area (Å²) in [4.78, 5) is 21.3. The molecule has 0 N–H and O–H groups in total. The lowest BCUT2D eigenvalue weighted by atomic mass is 10.0. The van der Waals surface area contributed by atoms with Gasteiger partial charge in [0, 0.05) is 12.4 Å². The normalized spacial score (nSPS) is 13.7. The maximum Gasteiger partial charge on any atom is 0.326 e. The molecule has 0 amide bonds. The van der Waals surface area contributed by atoms with E-state index >= 15 is 0 Å². The molecule has 0 saturated heterocycles. The van der Waals surface area contributed by atoms with Gasteiger partial charge in [-0.15, -0.1) is 11.3 Å². The van der Waals surface area contributed by atoms with Crippen LogP contribution >= 0.6 is 23.1 Å². The maximum absolute atomic E-state index is 12.6. The van der Waals surface area contributed by atoms with E-state index in [4.69, 9.17) is 4.74 Å². The number of thiazole rings is 1. The summed E-state index contributed by atoms with van der Waals surface area (Å²) in [5.41, 5.74) is 1.80. The van der Waals surface area contributed by atoms with Crippen molar-refractivity contribution in [3.8, 4) is 0 Å². The molecule has 2 aromatic heterocycles. The van der Waals surface area contributed by atoms with Gasteiger partial charge in [-0.2, -0.15) is 0 Å². The van der Waals surface area contributed by atoms with Gasteiger partial charge in [-0.05, 0) is 43.7 Å². The number of aromatic nitrogens is 2. The number of benzene rings is 1. The Hall–Kier alpha value is -1.92. The largest absolute Gasteiger partial charge is 0.465 e. The molecule has 0 fully saturated rings. The highest BCUT2D eigenvalue weighted by atomic mass is 32.2. The van der Waals surface area contributed by atoms with Crippen LogP contribution < -0.4 is 0 Å². The van der Waals surface area contributed by atoms with Crippen LogP contribution in [0.25, 0.3) is 10.2 Å². The number of fused-ring (bicyclic) bond motifs is 1. The highest BCUT2D eigenvalue weighted by Gasteiger charge is 2.39. The van der Waals surface area contributed by atoms with Gasteiger partial charge < -0.3 is 4.74 Å². The van der Waals surface area contributed by atoms with Gasteiger partial charge in [0.1, 0.15) is 4.75 Å². The number of nitrogens with zero attached hydrogens (tertiary/aromatic N) is 2. The Kier molecular flexibility index (Phi) is 4.63. The topological polar surface area (TPSA) is 52.1 Å². The number of esters is 1. The Morgan fingerprint density at radius 2 is 2.00 bits per heavy atom. The van der Waals surface area contributed by atoms with Crippen LogP contribution in [0.5, 0.6) is 0 Å². The van der Waals surface area contributed by atoms with Crippen molar-refractivity contribution in [2.45, 2.75) is 22.9 Å². The van der Waals surface area contributed by atoms with E-state index in [2.05, 4.69) is 9.97 Å². The zero-order valence-electron chi connectivity index (χ0n) is 12.9. The molecule has 4 nitrogen and oxygen atoms in total. The van der Waals surface area contributed by atoms with Gasteiger partial charge in [0.05, 0.1) is 16.8 Å². The molecule has 1 unspecified atom stereocenters. The first kappa shape index (κ1) is 16.0. The highest BCUT2D eigenvalue weighted by Crippen LogP contribution is 2.44. The van der Waals surface area contributed by atoms with Crippen LogP contribution in [0.2, 0.25) is 0 Å². The van der Waals surface area contributed by atoms with Gasteiger partial charge >= 0.3 is 5.97 Å². The van der Waals surface area contributed by atoms with E-state index in [0.29, 0.717) is 6.61 Å². The monoisotopic (exact) mass is 344 g/mol. The summed E-state index contributed by atoms with van der Waals surface area (Å²) in [5, 5.41) is 0. The fourth-order valence-corrected chi connectivity index (χ4v) is 4.75. The fraction of sp³-hybridized carbons (Fsp3) is 0.235. The molecule has 3 aromatic rings. The third-order valence-electron chi connectivity index (χ3n) is 3.46. The predicted octanol–water partition coefficient (Wildman–Crippen LogP) is 4.26. The van der Waals surface area contributed by atoms with Gasteiger partial charge in [-0.3, -0.25) is 9.78 Å². The third-order valence-corrected chi connectivity index (χ3v) is 5.87. The summed E-state index contributed by atoms with van der Waals surface area (Å²) in [6.07, 6.45) is 3.37. The second-order valence-electron chi connectivity index (χ2n) is 5.04. The van der Waals surface area contributed by atoms with Crippen LogP contribution in [-0.2, 0) is 14.3 Å². The molecule has 1 atom stereocenters. The molecule has 0 radical (unpaired) electrons. The number of pyridine rings is 1. The second-order valence-corrected chi connectivity index (χ2v) is 7.74. The lowest BCUT2D eigenvalue weighted by Crippen LogP contribution is -2.31. The maximum atomic E-state index is 12.6. The first-order chi connectivity index (χ1) is 11.1. The zero-order valence-corrected chi connectivity index (χ0v) is 14.5. The van der Waals surface area contributed by atoms with Crippen molar-refractivity contribution < 1.29 is 9.53 Å². The number of thioether (sulfide) groups is 1. The van der Waals surface area contributed by atoms with E-state index in [0.717, 1.165) is 20.1 Å². The molecule has 0 aliphatic rings. The average molecular weight is 344 g/mol. The van der Waals surface area contributed by atoms with Crippen LogP contribution in [0.4, 0.5) is 0 Å². The molecular formula is C17H16N2O2S2. The molecule has 0 aliphatic carbocycles. The Labute approximate surface area is 142 Å². The SMILES string of the molecule is CCOC(=O)C(C)(Sc1nc2ccccc2s1)c1ccncc1. The number of hydrogen-bond acceptors (Lipinski definition) is 6. The van der Waals surface area contributed by atoms with Crippen LogP contribution in [0.1, 0.15) is 19.4 Å². The van der Waals surface area contributed by atoms with Crippen molar-refractivity contribution in [2.24, 2.45) is 0 Å². The number of hydrogen-bond donors (Lipinski definition) is 0. The van der Waals surface area contributed by atoms with Gasteiger partial charge in [0.25, 0.3) is 0 Å². The van der Waals surface area contributed by atoms with Gasteiger partial charge in [-0.25, -0.2) is 4.98 Å². The van der Waals surface area contributed by atoms with Crippen molar-refractivity contribution >= 4 is 39.3 Å². The Morgan fingerprint density at radius 1 is 1.26 bits per heavy atom. The van der Waals surface area contributed by atoms with E-state index in [1.54, 1.807) is 23.7 Å². The summed E-state index contributed by atoms with van der Waals surface area (Å²) >= 11 is 3.01. The van der Waals surface area contributed by atoms with Gasteiger partial charge in [-0.1, -0.05) is 23.9 Å². The average Bonchev–Trinajstić information content (AvgIpc) is 2.97. The summed E-state index contributed by atoms with van der Waals surface area (Å²) < 4.78 is 6.40. The molecule has 6 heteroatoms. The van der Waals surface area contributed by atoms with Crippen molar-refractivity contribution in [1.82, 2.24) is 9.97 Å². The lowest BCUT2D eigenvalue weighted by Gasteiger charge is -2.25. The first-order valence-electron chi connectivity index (χ1n) is 7.26. The van der Waals surface area contributed by atoms with Gasteiger partial charge in [0.15, 0.2) is 4.34 Å². The number of para-hydroxylation sites is 1. The standard InChI is InChI=1S/C17H16N2O2S2/c1-3-21-15(20)17(2,12-8-10-18-11-9-12)23-16-19-13-6-4-5-7-14(13)22-16/h4-11H,3H2,1-2H3. The number of carbonyl (C=O) groups is 1. The van der Waals surface area contributed by atoms with E-state index in [1.807, 2.05) is 50.2 Å². The predicted molar refractivity (Wildman–Crippen MR) is 93.7 cm³/mol. The molecular weight excluding hydrogens is 328 g/mol. The second kappa shape index (κ2) is 6.68. The Bertz CT molecular complexity index is 787. The molecule has 0 aliphatic heterocycles. The summed E-state index contributed by atoms with van der Waals surface area (Å²) in [5.74, 6) is -0.268. The first-order valence-corrected chi connectivity index (χ1v) is 8.89. The van der Waals surface area contributed by atoms with Crippen LogP contribution in [-0.4, -0.2) is 22.5 Å². The number of carbonyl (C=O) groups excluding carboxylic acids is 1. The van der Waals surface area contributed by atoms with E-state index in [-0.39, 0.29) is 5.97 Å². The van der Waals surface area contributed by atoms with Crippen LogP contribution in [0.3, 0.4) is 0 Å². The number of ether oxygens (including phenoxy) is 1. The van der Waals surface area contributed by atoms with E-state index in [1.165, 1.54) is 11.8 Å². The van der Waals surface area contributed by atoms with Crippen molar-refractivity contribution in [2.75, 3.05) is 6.61 Å². The van der Waals surface area contributed by atoms with E-state index in [9.17, 15) is 4.79 Å². The minimum atomic E-state index is -0.854. The van der Waals surface area contributed by atoms with Crippen molar-refractivity contribution in [1.29, 1.82) is 0 Å².